The Kier molecular flexibility index (Phi) is 5.08. The highest BCUT2D eigenvalue weighted by atomic mass is 19.4. The Labute approximate surface area is 133 Å². The van der Waals surface area contributed by atoms with E-state index in [0.717, 1.165) is 44.6 Å². The molecule has 2 aliphatic rings. The van der Waals surface area contributed by atoms with Gasteiger partial charge in [0.25, 0.3) is 0 Å². The van der Waals surface area contributed by atoms with Gasteiger partial charge in [0.05, 0.1) is 18.8 Å². The Morgan fingerprint density at radius 3 is 2.48 bits per heavy atom. The van der Waals surface area contributed by atoms with E-state index in [2.05, 4.69) is 4.90 Å². The van der Waals surface area contributed by atoms with E-state index in [0.29, 0.717) is 13.2 Å². The van der Waals surface area contributed by atoms with Crippen LogP contribution in [0.4, 0.5) is 13.2 Å². The number of hydrogen-bond donors (Lipinski definition) is 0. The predicted octanol–water partition coefficient (Wildman–Crippen LogP) is 2.92. The van der Waals surface area contributed by atoms with Gasteiger partial charge in [-0.1, -0.05) is 6.07 Å². The van der Waals surface area contributed by atoms with Gasteiger partial charge in [-0.2, -0.15) is 13.2 Å². The van der Waals surface area contributed by atoms with Crippen LogP contribution >= 0.6 is 0 Å². The van der Waals surface area contributed by atoms with Crippen LogP contribution < -0.4 is 4.74 Å². The summed E-state index contributed by atoms with van der Waals surface area (Å²) >= 11 is 0. The summed E-state index contributed by atoms with van der Waals surface area (Å²) in [5, 5.41) is 0. The SMILES string of the molecule is FC(F)(F)c1cccc(OC2CCN(CC3OCCO3)CC2)c1. The topological polar surface area (TPSA) is 30.9 Å². The summed E-state index contributed by atoms with van der Waals surface area (Å²) in [6.07, 6.45) is -2.99. The normalized spacial score (nSPS) is 21.7. The van der Waals surface area contributed by atoms with Crippen molar-refractivity contribution in [1.82, 2.24) is 4.90 Å². The molecule has 0 radical (unpaired) electrons. The highest BCUT2D eigenvalue weighted by Gasteiger charge is 2.31. The van der Waals surface area contributed by atoms with Crippen molar-refractivity contribution in [2.24, 2.45) is 0 Å². The monoisotopic (exact) mass is 331 g/mol. The van der Waals surface area contributed by atoms with Crippen LogP contribution in [0.5, 0.6) is 5.75 Å². The largest absolute Gasteiger partial charge is 0.490 e. The number of ether oxygens (including phenoxy) is 3. The first-order valence-corrected chi connectivity index (χ1v) is 7.80. The zero-order chi connectivity index (χ0) is 16.3. The molecule has 2 aliphatic heterocycles. The molecule has 2 fully saturated rings. The molecule has 0 unspecified atom stereocenters. The van der Waals surface area contributed by atoms with E-state index in [9.17, 15) is 13.2 Å². The Morgan fingerprint density at radius 1 is 1.13 bits per heavy atom. The van der Waals surface area contributed by atoms with Crippen molar-refractivity contribution < 1.29 is 27.4 Å². The van der Waals surface area contributed by atoms with Gasteiger partial charge in [-0.25, -0.2) is 0 Å². The molecule has 0 amide bonds. The number of benzene rings is 1. The summed E-state index contributed by atoms with van der Waals surface area (Å²) in [6.45, 7) is 3.66. The Morgan fingerprint density at radius 2 is 1.83 bits per heavy atom. The van der Waals surface area contributed by atoms with Crippen LogP contribution in [0.15, 0.2) is 24.3 Å². The van der Waals surface area contributed by atoms with Crippen molar-refractivity contribution in [1.29, 1.82) is 0 Å². The van der Waals surface area contributed by atoms with Crippen molar-refractivity contribution in [3.63, 3.8) is 0 Å². The second-order valence-corrected chi connectivity index (χ2v) is 5.81. The average Bonchev–Trinajstić information content (AvgIpc) is 3.02. The standard InChI is InChI=1S/C16H20F3NO3/c17-16(18,19)12-2-1-3-14(10-12)23-13-4-6-20(7-5-13)11-15-21-8-9-22-15/h1-3,10,13,15H,4-9,11H2. The van der Waals surface area contributed by atoms with Gasteiger partial charge in [0.1, 0.15) is 11.9 Å². The van der Waals surface area contributed by atoms with E-state index in [4.69, 9.17) is 14.2 Å². The fraction of sp³-hybridized carbons (Fsp3) is 0.625. The summed E-state index contributed by atoms with van der Waals surface area (Å²) in [4.78, 5) is 2.24. The summed E-state index contributed by atoms with van der Waals surface area (Å²) in [7, 11) is 0. The maximum atomic E-state index is 12.7. The minimum atomic E-state index is -4.34. The minimum Gasteiger partial charge on any atom is -0.490 e. The molecule has 23 heavy (non-hydrogen) atoms. The summed E-state index contributed by atoms with van der Waals surface area (Å²) < 4.78 is 54.7. The zero-order valence-electron chi connectivity index (χ0n) is 12.7. The van der Waals surface area contributed by atoms with E-state index >= 15 is 0 Å². The molecule has 0 N–H and O–H groups in total. The molecule has 0 aliphatic carbocycles. The second kappa shape index (κ2) is 7.07. The van der Waals surface area contributed by atoms with Gasteiger partial charge in [0.2, 0.25) is 0 Å². The van der Waals surface area contributed by atoms with Crippen LogP contribution in [-0.2, 0) is 15.7 Å². The lowest BCUT2D eigenvalue weighted by atomic mass is 10.1. The quantitative estimate of drug-likeness (QED) is 0.849. The Hall–Kier alpha value is -1.31. The van der Waals surface area contributed by atoms with Crippen molar-refractivity contribution >= 4 is 0 Å². The van der Waals surface area contributed by atoms with E-state index in [1.807, 2.05) is 0 Å². The number of alkyl halides is 3. The maximum Gasteiger partial charge on any atom is 0.416 e. The smallest absolute Gasteiger partial charge is 0.416 e. The Balaban J connectivity index is 1.48. The third-order valence-corrected chi connectivity index (χ3v) is 4.10. The molecule has 7 heteroatoms. The molecule has 0 saturated carbocycles. The molecular formula is C16H20F3NO3. The summed E-state index contributed by atoms with van der Waals surface area (Å²) in [5.41, 5.74) is -0.678. The van der Waals surface area contributed by atoms with Crippen molar-refractivity contribution in [2.45, 2.75) is 31.4 Å². The molecule has 1 aromatic carbocycles. The van der Waals surface area contributed by atoms with Gasteiger partial charge in [-0.05, 0) is 31.0 Å². The summed E-state index contributed by atoms with van der Waals surface area (Å²) in [6, 6.07) is 5.06. The first-order chi connectivity index (χ1) is 11.0. The highest BCUT2D eigenvalue weighted by Crippen LogP contribution is 2.32. The first-order valence-electron chi connectivity index (χ1n) is 7.80. The minimum absolute atomic E-state index is 0.0554. The van der Waals surface area contributed by atoms with Gasteiger partial charge in [0, 0.05) is 19.6 Å². The lowest BCUT2D eigenvalue weighted by Gasteiger charge is -2.33. The van der Waals surface area contributed by atoms with Crippen LogP contribution in [0.1, 0.15) is 18.4 Å². The molecule has 0 bridgehead atoms. The van der Waals surface area contributed by atoms with Crippen molar-refractivity contribution in [3.8, 4) is 5.75 Å². The van der Waals surface area contributed by atoms with Crippen LogP contribution in [0.25, 0.3) is 0 Å². The van der Waals surface area contributed by atoms with Crippen LogP contribution in [-0.4, -0.2) is 50.1 Å². The lowest BCUT2D eigenvalue weighted by Crippen LogP contribution is -2.42. The zero-order valence-corrected chi connectivity index (χ0v) is 12.7. The number of piperidine rings is 1. The Bertz CT molecular complexity index is 510. The van der Waals surface area contributed by atoms with Crippen LogP contribution in [0.3, 0.4) is 0 Å². The molecular weight excluding hydrogens is 311 g/mol. The van der Waals surface area contributed by atoms with Crippen molar-refractivity contribution in [2.75, 3.05) is 32.8 Å². The van der Waals surface area contributed by atoms with Crippen LogP contribution in [0, 0.1) is 0 Å². The molecule has 2 saturated heterocycles. The van der Waals surface area contributed by atoms with Gasteiger partial charge in [0.15, 0.2) is 6.29 Å². The third-order valence-electron chi connectivity index (χ3n) is 4.10. The fourth-order valence-electron chi connectivity index (χ4n) is 2.87. The van der Waals surface area contributed by atoms with E-state index in [1.54, 1.807) is 6.07 Å². The molecule has 0 spiro atoms. The van der Waals surface area contributed by atoms with Crippen LogP contribution in [0.2, 0.25) is 0 Å². The molecule has 3 rings (SSSR count). The van der Waals surface area contributed by atoms with Gasteiger partial charge in [-0.15, -0.1) is 0 Å². The highest BCUT2D eigenvalue weighted by molar-refractivity contribution is 5.30. The number of rotatable bonds is 4. The average molecular weight is 331 g/mol. The number of halogens is 3. The van der Waals surface area contributed by atoms with E-state index in [1.165, 1.54) is 6.07 Å². The fourth-order valence-corrected chi connectivity index (χ4v) is 2.87. The number of hydrogen-bond acceptors (Lipinski definition) is 4. The lowest BCUT2D eigenvalue weighted by molar-refractivity contribution is -0.137. The predicted molar refractivity (Wildman–Crippen MR) is 77.2 cm³/mol. The van der Waals surface area contributed by atoms with Gasteiger partial charge in [-0.3, -0.25) is 4.90 Å². The summed E-state index contributed by atoms with van der Waals surface area (Å²) in [5.74, 6) is 0.278. The number of nitrogens with zero attached hydrogens (tertiary/aromatic N) is 1. The van der Waals surface area contributed by atoms with Gasteiger partial charge >= 0.3 is 6.18 Å². The number of likely N-dealkylation sites (tertiary alicyclic amines) is 1. The molecule has 0 aromatic heterocycles. The molecule has 4 nitrogen and oxygen atoms in total. The van der Waals surface area contributed by atoms with E-state index in [-0.39, 0.29) is 18.1 Å². The first kappa shape index (κ1) is 16.5. The maximum absolute atomic E-state index is 12.7. The molecule has 0 atom stereocenters. The molecule has 128 valence electrons. The third kappa shape index (κ3) is 4.59. The van der Waals surface area contributed by atoms with Crippen molar-refractivity contribution in [3.05, 3.63) is 29.8 Å². The second-order valence-electron chi connectivity index (χ2n) is 5.81. The molecule has 1 aromatic rings. The van der Waals surface area contributed by atoms with E-state index < -0.39 is 11.7 Å². The van der Waals surface area contributed by atoms with Gasteiger partial charge < -0.3 is 14.2 Å². The molecule has 2 heterocycles.